The summed E-state index contributed by atoms with van der Waals surface area (Å²) < 4.78 is 10.5. The summed E-state index contributed by atoms with van der Waals surface area (Å²) in [6.07, 6.45) is 10.3. The van der Waals surface area contributed by atoms with Crippen LogP contribution in [0.2, 0.25) is 0 Å². The largest absolute Gasteiger partial charge is 0.460 e. The summed E-state index contributed by atoms with van der Waals surface area (Å²) >= 11 is 0. The number of hydrogen-bond donors (Lipinski definition) is 0. The van der Waals surface area contributed by atoms with Crippen molar-refractivity contribution in [1.29, 1.82) is 0 Å². The van der Waals surface area contributed by atoms with E-state index in [1.165, 1.54) is 19.3 Å². The minimum Gasteiger partial charge on any atom is -0.460 e. The van der Waals surface area contributed by atoms with Gasteiger partial charge in [0.15, 0.2) is 0 Å². The molecule has 0 aromatic carbocycles. The van der Waals surface area contributed by atoms with Crippen molar-refractivity contribution in [1.82, 2.24) is 0 Å². The molecule has 0 amide bonds. The maximum absolute atomic E-state index is 11.5. The van der Waals surface area contributed by atoms with Crippen molar-refractivity contribution < 1.29 is 14.3 Å². The third kappa shape index (κ3) is 4.69. The van der Waals surface area contributed by atoms with Crippen LogP contribution in [0.15, 0.2) is 12.3 Å². The second-order valence-corrected chi connectivity index (χ2v) is 4.47. The Labute approximate surface area is 97.8 Å². The molecule has 1 aliphatic rings. The van der Waals surface area contributed by atoms with Crippen molar-refractivity contribution in [2.75, 3.05) is 0 Å². The molecule has 92 valence electrons. The number of esters is 1. The lowest BCUT2D eigenvalue weighted by Gasteiger charge is -2.23. The highest BCUT2D eigenvalue weighted by atomic mass is 16.7. The van der Waals surface area contributed by atoms with E-state index < -0.39 is 5.79 Å². The van der Waals surface area contributed by atoms with E-state index in [-0.39, 0.29) is 5.97 Å². The molecule has 1 aliphatic heterocycles. The van der Waals surface area contributed by atoms with Crippen LogP contribution in [0.3, 0.4) is 0 Å². The summed E-state index contributed by atoms with van der Waals surface area (Å²) in [5.41, 5.74) is 0. The van der Waals surface area contributed by atoms with Crippen LogP contribution in [-0.2, 0) is 14.3 Å². The summed E-state index contributed by atoms with van der Waals surface area (Å²) in [6.45, 7) is 3.97. The molecule has 16 heavy (non-hydrogen) atoms. The molecule has 0 radical (unpaired) electrons. The fourth-order valence-corrected chi connectivity index (χ4v) is 1.73. The van der Waals surface area contributed by atoms with E-state index >= 15 is 0 Å². The molecule has 1 heterocycles. The minimum absolute atomic E-state index is 0.150. The molecule has 0 aromatic rings. The van der Waals surface area contributed by atoms with E-state index in [1.54, 1.807) is 13.2 Å². The third-order valence-corrected chi connectivity index (χ3v) is 2.72. The molecule has 0 bridgehead atoms. The molecule has 1 rings (SSSR count). The fraction of sp³-hybridized carbons (Fsp3) is 0.769. The molecule has 0 aromatic heterocycles. The van der Waals surface area contributed by atoms with Crippen molar-refractivity contribution >= 4 is 5.97 Å². The molecule has 1 atom stereocenters. The molecule has 0 N–H and O–H groups in total. The van der Waals surface area contributed by atoms with E-state index in [0.717, 1.165) is 12.8 Å². The van der Waals surface area contributed by atoms with Crippen LogP contribution in [0.4, 0.5) is 0 Å². The number of rotatable bonds is 7. The van der Waals surface area contributed by atoms with Gasteiger partial charge in [-0.1, -0.05) is 32.6 Å². The molecule has 0 fully saturated rings. The second-order valence-electron chi connectivity index (χ2n) is 4.47. The average molecular weight is 226 g/mol. The fourth-order valence-electron chi connectivity index (χ4n) is 1.73. The summed E-state index contributed by atoms with van der Waals surface area (Å²) in [6, 6.07) is 0. The van der Waals surface area contributed by atoms with Crippen molar-refractivity contribution in [2.24, 2.45) is 0 Å². The van der Waals surface area contributed by atoms with Crippen molar-refractivity contribution in [2.45, 2.75) is 64.6 Å². The summed E-state index contributed by atoms with van der Waals surface area (Å²) in [4.78, 5) is 11.5. The van der Waals surface area contributed by atoms with Gasteiger partial charge in [-0.15, -0.1) is 0 Å². The first-order chi connectivity index (χ1) is 7.66. The van der Waals surface area contributed by atoms with Gasteiger partial charge < -0.3 is 9.47 Å². The predicted molar refractivity (Wildman–Crippen MR) is 62.7 cm³/mol. The Bertz CT molecular complexity index is 238. The quantitative estimate of drug-likeness (QED) is 0.492. The van der Waals surface area contributed by atoms with Gasteiger partial charge in [-0.3, -0.25) is 4.79 Å². The van der Waals surface area contributed by atoms with Crippen molar-refractivity contribution in [3.8, 4) is 0 Å². The Morgan fingerprint density at radius 2 is 2.12 bits per heavy atom. The average Bonchev–Trinajstić information content (AvgIpc) is 2.64. The van der Waals surface area contributed by atoms with Gasteiger partial charge in [0, 0.05) is 19.8 Å². The lowest BCUT2D eigenvalue weighted by molar-refractivity contribution is -0.197. The molecular formula is C13H22O3. The minimum atomic E-state index is -0.750. The van der Waals surface area contributed by atoms with Crippen LogP contribution in [0.25, 0.3) is 0 Å². The van der Waals surface area contributed by atoms with Crippen LogP contribution in [0.5, 0.6) is 0 Å². The van der Waals surface area contributed by atoms with E-state index in [4.69, 9.17) is 9.47 Å². The van der Waals surface area contributed by atoms with Crippen LogP contribution in [0.1, 0.15) is 58.8 Å². The molecular weight excluding hydrogens is 204 g/mol. The Kier molecular flexibility index (Phi) is 5.36. The number of ether oxygens (including phenoxy) is 2. The van der Waals surface area contributed by atoms with Gasteiger partial charge in [0.1, 0.15) is 0 Å². The van der Waals surface area contributed by atoms with Gasteiger partial charge in [0.2, 0.25) is 0 Å². The summed E-state index contributed by atoms with van der Waals surface area (Å²) in [5, 5.41) is 0. The molecule has 0 spiro atoms. The number of carbonyl (C=O) groups excluding carboxylic acids is 1. The van der Waals surface area contributed by atoms with Crippen molar-refractivity contribution in [3.05, 3.63) is 12.3 Å². The second kappa shape index (κ2) is 6.56. The molecule has 0 saturated carbocycles. The van der Waals surface area contributed by atoms with Crippen LogP contribution in [-0.4, -0.2) is 11.8 Å². The van der Waals surface area contributed by atoms with Crippen LogP contribution in [0, 0.1) is 0 Å². The first-order valence-corrected chi connectivity index (χ1v) is 6.21. The lowest BCUT2D eigenvalue weighted by Crippen LogP contribution is -2.30. The number of carbonyl (C=O) groups is 1. The van der Waals surface area contributed by atoms with E-state index in [2.05, 4.69) is 6.92 Å². The first-order valence-electron chi connectivity index (χ1n) is 6.21. The molecule has 1 unspecified atom stereocenters. The highest BCUT2D eigenvalue weighted by molar-refractivity contribution is 5.69. The van der Waals surface area contributed by atoms with E-state index in [9.17, 15) is 4.79 Å². The maximum Gasteiger partial charge on any atom is 0.309 e. The normalized spacial score (nSPS) is 23.1. The highest BCUT2D eigenvalue weighted by Crippen LogP contribution is 2.24. The van der Waals surface area contributed by atoms with Gasteiger partial charge in [0.05, 0.1) is 6.26 Å². The van der Waals surface area contributed by atoms with E-state index in [1.807, 2.05) is 6.08 Å². The van der Waals surface area contributed by atoms with Gasteiger partial charge >= 0.3 is 5.97 Å². The molecule has 3 nitrogen and oxygen atoms in total. The number of hydrogen-bond acceptors (Lipinski definition) is 3. The van der Waals surface area contributed by atoms with Gasteiger partial charge in [-0.25, -0.2) is 0 Å². The summed E-state index contributed by atoms with van der Waals surface area (Å²) in [7, 11) is 0. The van der Waals surface area contributed by atoms with Gasteiger partial charge in [-0.05, 0) is 12.5 Å². The zero-order chi connectivity index (χ0) is 11.9. The SMILES string of the molecule is CCCCCCCC(=O)OC1(C)CC=CO1. The monoisotopic (exact) mass is 226 g/mol. The van der Waals surface area contributed by atoms with Gasteiger partial charge in [-0.2, -0.15) is 0 Å². The highest BCUT2D eigenvalue weighted by Gasteiger charge is 2.31. The van der Waals surface area contributed by atoms with Crippen molar-refractivity contribution in [3.63, 3.8) is 0 Å². The topological polar surface area (TPSA) is 35.5 Å². The van der Waals surface area contributed by atoms with Crippen LogP contribution < -0.4 is 0 Å². The predicted octanol–water partition coefficient (Wildman–Crippen LogP) is 3.54. The zero-order valence-electron chi connectivity index (χ0n) is 10.3. The Hall–Kier alpha value is -0.990. The standard InChI is InChI=1S/C13H22O3/c1-3-4-5-6-7-9-12(14)16-13(2)10-8-11-15-13/h8,11H,3-7,9-10H2,1-2H3. The summed E-state index contributed by atoms with van der Waals surface area (Å²) in [5.74, 6) is -0.900. The Balaban J connectivity index is 2.07. The Morgan fingerprint density at radius 1 is 1.38 bits per heavy atom. The number of unbranched alkanes of at least 4 members (excludes halogenated alkanes) is 4. The molecule has 0 saturated heterocycles. The van der Waals surface area contributed by atoms with Gasteiger partial charge in [0.25, 0.3) is 5.79 Å². The molecule has 3 heteroatoms. The first kappa shape index (κ1) is 13.1. The lowest BCUT2D eigenvalue weighted by atomic mass is 10.1. The zero-order valence-corrected chi connectivity index (χ0v) is 10.3. The smallest absolute Gasteiger partial charge is 0.309 e. The molecule has 0 aliphatic carbocycles. The maximum atomic E-state index is 11.5. The van der Waals surface area contributed by atoms with Crippen LogP contribution >= 0.6 is 0 Å². The van der Waals surface area contributed by atoms with E-state index in [0.29, 0.717) is 12.8 Å². The third-order valence-electron chi connectivity index (χ3n) is 2.72. The Morgan fingerprint density at radius 3 is 2.75 bits per heavy atom.